The van der Waals surface area contributed by atoms with Crippen molar-refractivity contribution in [2.75, 3.05) is 19.5 Å². The van der Waals surface area contributed by atoms with Crippen LogP contribution in [0, 0.1) is 5.92 Å². The Bertz CT molecular complexity index is 506. The first kappa shape index (κ1) is 16.9. The van der Waals surface area contributed by atoms with Gasteiger partial charge in [-0.3, -0.25) is 0 Å². The zero-order chi connectivity index (χ0) is 15.2. The van der Waals surface area contributed by atoms with Crippen molar-refractivity contribution in [2.24, 2.45) is 5.92 Å². The molecule has 1 aliphatic carbocycles. The molecule has 0 amide bonds. The van der Waals surface area contributed by atoms with Crippen molar-refractivity contribution in [3.63, 3.8) is 0 Å². The molecule has 0 saturated heterocycles. The summed E-state index contributed by atoms with van der Waals surface area (Å²) in [5, 5.41) is 0.929. The SMILES string of the molecule is COc1cc(Br)c(/C=C(/CBr)C2CCCCC2)cc1OC. The van der Waals surface area contributed by atoms with Crippen molar-refractivity contribution < 1.29 is 9.47 Å². The molecule has 1 fully saturated rings. The van der Waals surface area contributed by atoms with Crippen molar-refractivity contribution in [1.29, 1.82) is 0 Å². The number of hydrogen-bond donors (Lipinski definition) is 0. The first-order chi connectivity index (χ1) is 10.2. The van der Waals surface area contributed by atoms with Crippen molar-refractivity contribution in [1.82, 2.24) is 0 Å². The predicted octanol–water partition coefficient (Wildman–Crippen LogP) is 5.82. The number of ether oxygens (including phenoxy) is 2. The van der Waals surface area contributed by atoms with E-state index < -0.39 is 0 Å². The van der Waals surface area contributed by atoms with E-state index in [1.54, 1.807) is 14.2 Å². The Morgan fingerprint density at radius 2 is 1.76 bits per heavy atom. The maximum absolute atomic E-state index is 5.41. The molecule has 0 N–H and O–H groups in total. The molecule has 0 spiro atoms. The van der Waals surface area contributed by atoms with E-state index in [0.717, 1.165) is 26.9 Å². The summed E-state index contributed by atoms with van der Waals surface area (Å²) in [7, 11) is 3.33. The van der Waals surface area contributed by atoms with Crippen LogP contribution in [0.1, 0.15) is 37.7 Å². The number of rotatable bonds is 5. The minimum absolute atomic E-state index is 0.707. The van der Waals surface area contributed by atoms with Crippen LogP contribution < -0.4 is 9.47 Å². The Balaban J connectivity index is 2.32. The lowest BCUT2D eigenvalue weighted by Gasteiger charge is -2.24. The van der Waals surface area contributed by atoms with Gasteiger partial charge in [0.25, 0.3) is 0 Å². The lowest BCUT2D eigenvalue weighted by atomic mass is 9.84. The van der Waals surface area contributed by atoms with Crippen LogP contribution in [-0.4, -0.2) is 19.5 Å². The van der Waals surface area contributed by atoms with Crippen molar-refractivity contribution in [3.8, 4) is 11.5 Å². The normalized spacial score (nSPS) is 16.9. The molecular formula is C17H22Br2O2. The molecular weight excluding hydrogens is 396 g/mol. The maximum Gasteiger partial charge on any atom is 0.161 e. The standard InChI is InChI=1S/C17H22Br2O2/c1-20-16-9-13(15(19)10-17(16)21-2)8-14(11-18)12-6-4-3-5-7-12/h8-10,12H,3-7,11H2,1-2H3/b14-8-. The summed E-state index contributed by atoms with van der Waals surface area (Å²) in [4.78, 5) is 0. The lowest BCUT2D eigenvalue weighted by Crippen LogP contribution is -2.10. The summed E-state index contributed by atoms with van der Waals surface area (Å²) >= 11 is 7.30. The molecule has 2 rings (SSSR count). The van der Waals surface area contributed by atoms with Crippen LogP contribution in [0.2, 0.25) is 0 Å². The first-order valence-electron chi connectivity index (χ1n) is 7.37. The van der Waals surface area contributed by atoms with Gasteiger partial charge >= 0.3 is 0 Å². The number of benzene rings is 1. The lowest BCUT2D eigenvalue weighted by molar-refractivity contribution is 0.354. The molecule has 0 unspecified atom stereocenters. The quantitative estimate of drug-likeness (QED) is 0.561. The van der Waals surface area contributed by atoms with Gasteiger partial charge in [0.15, 0.2) is 11.5 Å². The number of methoxy groups -OCH3 is 2. The van der Waals surface area contributed by atoms with Crippen LogP contribution in [-0.2, 0) is 0 Å². The molecule has 21 heavy (non-hydrogen) atoms. The second-order valence-electron chi connectivity index (χ2n) is 5.42. The second-order valence-corrected chi connectivity index (χ2v) is 6.83. The van der Waals surface area contributed by atoms with E-state index in [0.29, 0.717) is 5.92 Å². The van der Waals surface area contributed by atoms with Crippen LogP contribution in [0.3, 0.4) is 0 Å². The first-order valence-corrected chi connectivity index (χ1v) is 9.29. The average molecular weight is 418 g/mol. The third-order valence-corrected chi connectivity index (χ3v) is 5.46. The fourth-order valence-corrected chi connectivity index (χ4v) is 3.98. The van der Waals surface area contributed by atoms with Crippen LogP contribution >= 0.6 is 31.9 Å². The Kier molecular flexibility index (Phi) is 6.62. The Hall–Kier alpha value is -0.480. The van der Waals surface area contributed by atoms with Crippen LogP contribution in [0.15, 0.2) is 22.2 Å². The van der Waals surface area contributed by atoms with Gasteiger partial charge in [0.2, 0.25) is 0 Å². The fraction of sp³-hybridized carbons (Fsp3) is 0.529. The maximum atomic E-state index is 5.41. The van der Waals surface area contributed by atoms with Crippen LogP contribution in [0.4, 0.5) is 0 Å². The van der Waals surface area contributed by atoms with Gasteiger partial charge < -0.3 is 9.47 Å². The molecule has 1 aliphatic rings. The summed E-state index contributed by atoms with van der Waals surface area (Å²) in [6.45, 7) is 0. The minimum Gasteiger partial charge on any atom is -0.493 e. The van der Waals surface area contributed by atoms with E-state index in [4.69, 9.17) is 9.47 Å². The number of halogens is 2. The fourth-order valence-electron chi connectivity index (χ4n) is 2.92. The molecule has 0 heterocycles. The van der Waals surface area contributed by atoms with Crippen LogP contribution in [0.25, 0.3) is 6.08 Å². The molecule has 0 aliphatic heterocycles. The highest BCUT2D eigenvalue weighted by Crippen LogP contribution is 2.37. The van der Waals surface area contributed by atoms with E-state index in [-0.39, 0.29) is 0 Å². The third kappa shape index (κ3) is 4.26. The average Bonchev–Trinajstić information content (AvgIpc) is 2.54. The highest BCUT2D eigenvalue weighted by atomic mass is 79.9. The summed E-state index contributed by atoms with van der Waals surface area (Å²) in [6, 6.07) is 4.01. The summed E-state index contributed by atoms with van der Waals surface area (Å²) in [5.74, 6) is 2.22. The minimum atomic E-state index is 0.707. The van der Waals surface area contributed by atoms with Crippen molar-refractivity contribution in [2.45, 2.75) is 32.1 Å². The van der Waals surface area contributed by atoms with E-state index in [1.165, 1.54) is 37.7 Å². The summed E-state index contributed by atoms with van der Waals surface area (Å²) in [5.41, 5.74) is 2.62. The Labute approximate surface area is 144 Å². The van der Waals surface area contributed by atoms with Gasteiger partial charge in [-0.05, 0) is 36.5 Å². The van der Waals surface area contributed by atoms with Gasteiger partial charge in [0.1, 0.15) is 0 Å². The van der Waals surface area contributed by atoms with E-state index >= 15 is 0 Å². The molecule has 0 bridgehead atoms. The summed E-state index contributed by atoms with van der Waals surface area (Å²) in [6.07, 6.45) is 8.98. The monoisotopic (exact) mass is 416 g/mol. The van der Waals surface area contributed by atoms with Gasteiger partial charge in [-0.25, -0.2) is 0 Å². The number of allylic oxidation sites excluding steroid dienone is 1. The van der Waals surface area contributed by atoms with Crippen LogP contribution in [0.5, 0.6) is 11.5 Å². The summed E-state index contributed by atoms with van der Waals surface area (Å²) < 4.78 is 11.8. The highest BCUT2D eigenvalue weighted by Gasteiger charge is 2.18. The molecule has 1 aromatic carbocycles. The Morgan fingerprint density at radius 3 is 2.33 bits per heavy atom. The van der Waals surface area contributed by atoms with E-state index in [1.807, 2.05) is 12.1 Å². The van der Waals surface area contributed by atoms with Crippen molar-refractivity contribution >= 4 is 37.9 Å². The zero-order valence-electron chi connectivity index (χ0n) is 12.6. The van der Waals surface area contributed by atoms with Gasteiger partial charge in [0, 0.05) is 9.80 Å². The number of alkyl halides is 1. The molecule has 116 valence electrons. The Morgan fingerprint density at radius 1 is 1.14 bits per heavy atom. The van der Waals surface area contributed by atoms with Gasteiger partial charge in [0.05, 0.1) is 14.2 Å². The molecule has 1 saturated carbocycles. The smallest absolute Gasteiger partial charge is 0.161 e. The molecule has 2 nitrogen and oxygen atoms in total. The van der Waals surface area contributed by atoms with E-state index in [2.05, 4.69) is 37.9 Å². The van der Waals surface area contributed by atoms with Gasteiger partial charge in [-0.15, -0.1) is 0 Å². The molecule has 0 aromatic heterocycles. The molecule has 0 atom stereocenters. The zero-order valence-corrected chi connectivity index (χ0v) is 15.8. The highest BCUT2D eigenvalue weighted by molar-refractivity contribution is 9.10. The predicted molar refractivity (Wildman–Crippen MR) is 95.6 cm³/mol. The van der Waals surface area contributed by atoms with Gasteiger partial charge in [-0.1, -0.05) is 62.8 Å². The second kappa shape index (κ2) is 8.23. The topological polar surface area (TPSA) is 18.5 Å². The molecule has 0 radical (unpaired) electrons. The molecule has 1 aromatic rings. The third-order valence-electron chi connectivity index (χ3n) is 4.13. The van der Waals surface area contributed by atoms with Crippen molar-refractivity contribution in [3.05, 3.63) is 27.7 Å². The molecule has 4 heteroatoms. The number of hydrogen-bond acceptors (Lipinski definition) is 2. The largest absolute Gasteiger partial charge is 0.493 e. The van der Waals surface area contributed by atoms with Gasteiger partial charge in [-0.2, -0.15) is 0 Å². The van der Waals surface area contributed by atoms with E-state index in [9.17, 15) is 0 Å².